The average Bonchev–Trinajstić information content (AvgIpc) is 2.46. The normalized spacial score (nSPS) is 32.9. The van der Waals surface area contributed by atoms with Gasteiger partial charge in [-0.1, -0.05) is 26.2 Å². The van der Waals surface area contributed by atoms with E-state index in [9.17, 15) is 0 Å². The van der Waals surface area contributed by atoms with Crippen molar-refractivity contribution in [2.45, 2.75) is 58.0 Å². The maximum absolute atomic E-state index is 8.98. The van der Waals surface area contributed by atoms with Gasteiger partial charge in [0.25, 0.3) is 0 Å². The predicted octanol–water partition coefficient (Wildman–Crippen LogP) is 2.48. The molecule has 1 saturated heterocycles. The van der Waals surface area contributed by atoms with Crippen LogP contribution in [0.25, 0.3) is 0 Å². The average molecular weight is 249 g/mol. The molecule has 0 spiro atoms. The van der Waals surface area contributed by atoms with Crippen molar-refractivity contribution < 1.29 is 0 Å². The summed E-state index contributed by atoms with van der Waals surface area (Å²) >= 11 is 0. The maximum atomic E-state index is 8.98. The van der Waals surface area contributed by atoms with Gasteiger partial charge in [0.1, 0.15) is 0 Å². The Morgan fingerprint density at radius 3 is 2.44 bits per heavy atom. The second-order valence-corrected chi connectivity index (χ2v) is 5.90. The summed E-state index contributed by atoms with van der Waals surface area (Å²) < 4.78 is 0. The molecule has 2 rings (SSSR count). The minimum absolute atomic E-state index is 0.0838. The lowest BCUT2D eigenvalue weighted by Crippen LogP contribution is -2.54. The molecule has 0 aromatic rings. The SMILES string of the molecule is CCC1CCCCC1N1CCN(C(C)C#N)CC1. The molecule has 3 atom stereocenters. The first-order chi connectivity index (χ1) is 8.76. The summed E-state index contributed by atoms with van der Waals surface area (Å²) in [5.74, 6) is 0.915. The summed E-state index contributed by atoms with van der Waals surface area (Å²) in [6, 6.07) is 3.26. The van der Waals surface area contributed by atoms with Crippen molar-refractivity contribution in [3.8, 4) is 6.07 Å². The van der Waals surface area contributed by atoms with Crippen molar-refractivity contribution in [3.63, 3.8) is 0 Å². The van der Waals surface area contributed by atoms with Gasteiger partial charge >= 0.3 is 0 Å². The second-order valence-electron chi connectivity index (χ2n) is 5.90. The van der Waals surface area contributed by atoms with Crippen LogP contribution in [0.3, 0.4) is 0 Å². The summed E-state index contributed by atoms with van der Waals surface area (Å²) in [4.78, 5) is 5.02. The lowest BCUT2D eigenvalue weighted by molar-refractivity contribution is 0.0427. The molecule has 1 aliphatic heterocycles. The van der Waals surface area contributed by atoms with Gasteiger partial charge < -0.3 is 0 Å². The van der Waals surface area contributed by atoms with Crippen molar-refractivity contribution in [2.75, 3.05) is 26.2 Å². The predicted molar refractivity (Wildman–Crippen MR) is 74.3 cm³/mol. The van der Waals surface area contributed by atoms with Crippen LogP contribution in [0.5, 0.6) is 0 Å². The second kappa shape index (κ2) is 6.54. The van der Waals surface area contributed by atoms with Gasteiger partial charge in [-0.2, -0.15) is 5.26 Å². The highest BCUT2D eigenvalue weighted by atomic mass is 15.3. The molecular formula is C15H27N3. The minimum atomic E-state index is 0.0838. The number of nitrogens with zero attached hydrogens (tertiary/aromatic N) is 3. The highest BCUT2D eigenvalue weighted by Gasteiger charge is 2.31. The van der Waals surface area contributed by atoms with Crippen LogP contribution in [0, 0.1) is 17.2 Å². The zero-order chi connectivity index (χ0) is 13.0. The number of nitriles is 1. The molecule has 0 bridgehead atoms. The number of piperazine rings is 1. The number of hydrogen-bond donors (Lipinski definition) is 0. The Kier molecular flexibility index (Phi) is 5.03. The molecule has 102 valence electrons. The molecule has 1 heterocycles. The fourth-order valence-corrected chi connectivity index (χ4v) is 3.68. The summed E-state index contributed by atoms with van der Waals surface area (Å²) in [5.41, 5.74) is 0. The van der Waals surface area contributed by atoms with Crippen LogP contribution in [-0.2, 0) is 0 Å². The van der Waals surface area contributed by atoms with E-state index in [1.807, 2.05) is 6.92 Å². The van der Waals surface area contributed by atoms with Gasteiger partial charge in [-0.25, -0.2) is 0 Å². The molecular weight excluding hydrogens is 222 g/mol. The summed E-state index contributed by atoms with van der Waals surface area (Å²) in [6.45, 7) is 8.83. The highest BCUT2D eigenvalue weighted by molar-refractivity contribution is 4.92. The van der Waals surface area contributed by atoms with Crippen molar-refractivity contribution in [2.24, 2.45) is 5.92 Å². The Morgan fingerprint density at radius 2 is 1.83 bits per heavy atom. The molecule has 3 unspecified atom stereocenters. The van der Waals surface area contributed by atoms with Crippen LogP contribution in [-0.4, -0.2) is 48.1 Å². The quantitative estimate of drug-likeness (QED) is 0.770. The van der Waals surface area contributed by atoms with E-state index < -0.39 is 0 Å². The third-order valence-electron chi connectivity index (χ3n) is 4.95. The summed E-state index contributed by atoms with van der Waals surface area (Å²) in [6.07, 6.45) is 7.00. The van der Waals surface area contributed by atoms with E-state index in [1.165, 1.54) is 32.1 Å². The first kappa shape index (κ1) is 13.8. The molecule has 0 radical (unpaired) electrons. The van der Waals surface area contributed by atoms with E-state index in [1.54, 1.807) is 0 Å². The van der Waals surface area contributed by atoms with Crippen LogP contribution in [0.4, 0.5) is 0 Å². The number of rotatable bonds is 3. The fourth-order valence-electron chi connectivity index (χ4n) is 3.68. The van der Waals surface area contributed by atoms with Crippen LogP contribution in [0.15, 0.2) is 0 Å². The molecule has 1 aliphatic carbocycles. The molecule has 0 aromatic carbocycles. The summed E-state index contributed by atoms with van der Waals surface area (Å²) in [5, 5.41) is 8.98. The lowest BCUT2D eigenvalue weighted by atomic mass is 9.81. The van der Waals surface area contributed by atoms with E-state index in [0.717, 1.165) is 38.1 Å². The molecule has 1 saturated carbocycles. The molecule has 3 heteroatoms. The van der Waals surface area contributed by atoms with Crippen molar-refractivity contribution in [1.29, 1.82) is 5.26 Å². The third kappa shape index (κ3) is 3.05. The first-order valence-corrected chi connectivity index (χ1v) is 7.64. The van der Waals surface area contributed by atoms with E-state index in [4.69, 9.17) is 5.26 Å². The zero-order valence-electron chi connectivity index (χ0n) is 11.9. The Labute approximate surface area is 112 Å². The van der Waals surface area contributed by atoms with Crippen molar-refractivity contribution >= 4 is 0 Å². The number of hydrogen-bond acceptors (Lipinski definition) is 3. The monoisotopic (exact) mass is 249 g/mol. The fraction of sp³-hybridized carbons (Fsp3) is 0.933. The maximum Gasteiger partial charge on any atom is 0.0950 e. The topological polar surface area (TPSA) is 30.3 Å². The standard InChI is InChI=1S/C15H27N3/c1-3-14-6-4-5-7-15(14)18-10-8-17(9-11-18)13(2)12-16/h13-15H,3-11H2,1-2H3. The molecule has 0 aromatic heterocycles. The van der Waals surface area contributed by atoms with E-state index in [-0.39, 0.29) is 6.04 Å². The van der Waals surface area contributed by atoms with E-state index in [2.05, 4.69) is 22.8 Å². The molecule has 3 nitrogen and oxygen atoms in total. The largest absolute Gasteiger partial charge is 0.298 e. The highest BCUT2D eigenvalue weighted by Crippen LogP contribution is 2.31. The Hall–Kier alpha value is -0.590. The van der Waals surface area contributed by atoms with Crippen LogP contribution < -0.4 is 0 Å². The van der Waals surface area contributed by atoms with Crippen LogP contribution in [0.2, 0.25) is 0 Å². The van der Waals surface area contributed by atoms with Crippen LogP contribution >= 0.6 is 0 Å². The molecule has 2 fully saturated rings. The van der Waals surface area contributed by atoms with E-state index >= 15 is 0 Å². The minimum Gasteiger partial charge on any atom is -0.298 e. The lowest BCUT2D eigenvalue weighted by Gasteiger charge is -2.44. The van der Waals surface area contributed by atoms with Gasteiger partial charge in [-0.05, 0) is 25.7 Å². The van der Waals surface area contributed by atoms with Gasteiger partial charge in [-0.15, -0.1) is 0 Å². The molecule has 18 heavy (non-hydrogen) atoms. The van der Waals surface area contributed by atoms with Gasteiger partial charge in [0.2, 0.25) is 0 Å². The molecule has 2 aliphatic rings. The van der Waals surface area contributed by atoms with Gasteiger partial charge in [-0.3, -0.25) is 9.80 Å². The Morgan fingerprint density at radius 1 is 1.17 bits per heavy atom. The smallest absolute Gasteiger partial charge is 0.0950 e. The molecule has 0 amide bonds. The van der Waals surface area contributed by atoms with Crippen molar-refractivity contribution in [3.05, 3.63) is 0 Å². The first-order valence-electron chi connectivity index (χ1n) is 7.64. The third-order valence-corrected chi connectivity index (χ3v) is 4.95. The zero-order valence-corrected chi connectivity index (χ0v) is 11.9. The Bertz CT molecular complexity index is 289. The Balaban J connectivity index is 1.87. The van der Waals surface area contributed by atoms with Gasteiger partial charge in [0.15, 0.2) is 0 Å². The summed E-state index contributed by atoms with van der Waals surface area (Å²) in [7, 11) is 0. The van der Waals surface area contributed by atoms with E-state index in [0.29, 0.717) is 0 Å². The van der Waals surface area contributed by atoms with Gasteiger partial charge in [0.05, 0.1) is 12.1 Å². The van der Waals surface area contributed by atoms with Crippen molar-refractivity contribution in [1.82, 2.24) is 9.80 Å². The molecule has 0 N–H and O–H groups in total. The van der Waals surface area contributed by atoms with Crippen LogP contribution in [0.1, 0.15) is 46.0 Å². The van der Waals surface area contributed by atoms with Gasteiger partial charge in [0, 0.05) is 32.2 Å².